The van der Waals surface area contributed by atoms with Gasteiger partial charge in [-0.05, 0) is 36.4 Å². The molecule has 0 bridgehead atoms. The Kier molecular flexibility index (Phi) is 3.95. The number of carbonyl (C=O) groups is 1. The largest absolute Gasteiger partial charge is 0.469 e. The van der Waals surface area contributed by atoms with Crippen molar-refractivity contribution in [2.24, 2.45) is 0 Å². The summed E-state index contributed by atoms with van der Waals surface area (Å²) in [6, 6.07) is 9.40. The molecule has 0 aliphatic rings. The quantitative estimate of drug-likeness (QED) is 0.782. The van der Waals surface area contributed by atoms with Crippen LogP contribution in [0.2, 0.25) is 0 Å². The summed E-state index contributed by atoms with van der Waals surface area (Å²) in [6.07, 6.45) is 3.69. The Balaban J connectivity index is 1.60. The first-order chi connectivity index (χ1) is 10.7. The topological polar surface area (TPSA) is 73.0 Å². The van der Waals surface area contributed by atoms with Gasteiger partial charge >= 0.3 is 0 Å². The van der Waals surface area contributed by atoms with Gasteiger partial charge in [-0.3, -0.25) is 4.79 Å². The number of nitrogens with one attached hydrogen (secondary N) is 1. The van der Waals surface area contributed by atoms with Crippen molar-refractivity contribution in [3.63, 3.8) is 0 Å². The van der Waals surface area contributed by atoms with Crippen LogP contribution in [0.15, 0.2) is 53.3 Å². The molecule has 1 aromatic carbocycles. The molecule has 3 rings (SSSR count). The number of hydrogen-bond donors (Lipinski definition) is 1. The number of carbonyl (C=O) groups excluding carboxylic acids is 1. The summed E-state index contributed by atoms with van der Waals surface area (Å²) in [5, 5.41) is 10.4. The van der Waals surface area contributed by atoms with Crippen molar-refractivity contribution in [2.75, 3.05) is 6.54 Å². The first-order valence-electron chi connectivity index (χ1n) is 6.71. The maximum absolute atomic E-state index is 12.9. The van der Waals surface area contributed by atoms with E-state index in [1.807, 2.05) is 6.07 Å². The van der Waals surface area contributed by atoms with Gasteiger partial charge in [-0.15, -0.1) is 5.10 Å². The molecule has 0 aliphatic carbocycles. The summed E-state index contributed by atoms with van der Waals surface area (Å²) >= 11 is 0. The molecule has 0 fully saturated rings. The van der Waals surface area contributed by atoms with Crippen molar-refractivity contribution in [3.8, 4) is 5.69 Å². The Morgan fingerprint density at radius 3 is 2.82 bits per heavy atom. The summed E-state index contributed by atoms with van der Waals surface area (Å²) in [4.78, 5) is 12.0. The molecule has 0 spiro atoms. The van der Waals surface area contributed by atoms with Gasteiger partial charge in [0.1, 0.15) is 11.6 Å². The number of nitrogens with zero attached hydrogens (tertiary/aromatic N) is 3. The Morgan fingerprint density at radius 2 is 2.09 bits per heavy atom. The molecule has 22 heavy (non-hydrogen) atoms. The number of amides is 1. The third-order valence-electron chi connectivity index (χ3n) is 3.05. The lowest BCUT2D eigenvalue weighted by Gasteiger charge is -2.00. The van der Waals surface area contributed by atoms with E-state index < -0.39 is 0 Å². The van der Waals surface area contributed by atoms with Crippen LogP contribution in [0, 0.1) is 5.82 Å². The van der Waals surface area contributed by atoms with Crippen LogP contribution in [-0.4, -0.2) is 27.4 Å². The van der Waals surface area contributed by atoms with Crippen LogP contribution in [-0.2, 0) is 6.42 Å². The van der Waals surface area contributed by atoms with E-state index in [4.69, 9.17) is 4.42 Å². The molecule has 1 amide bonds. The zero-order valence-electron chi connectivity index (χ0n) is 11.6. The van der Waals surface area contributed by atoms with Crippen molar-refractivity contribution >= 4 is 5.91 Å². The lowest BCUT2D eigenvalue weighted by Crippen LogP contribution is -2.25. The molecule has 112 valence electrons. The van der Waals surface area contributed by atoms with Crippen LogP contribution < -0.4 is 5.32 Å². The van der Waals surface area contributed by atoms with Gasteiger partial charge in [-0.1, -0.05) is 5.21 Å². The van der Waals surface area contributed by atoms with Crippen LogP contribution in [0.4, 0.5) is 4.39 Å². The summed E-state index contributed by atoms with van der Waals surface area (Å²) in [6.45, 7) is 0.440. The monoisotopic (exact) mass is 300 g/mol. The standard InChI is InChI=1S/C15H13FN4O2/c16-11-3-5-12(6-4-11)20-10-14(18-19-20)15(21)17-8-7-13-2-1-9-22-13/h1-6,9-10H,7-8H2,(H,17,21). The first kappa shape index (κ1) is 14.0. The summed E-state index contributed by atoms with van der Waals surface area (Å²) in [7, 11) is 0. The fraction of sp³-hybridized carbons (Fsp3) is 0.133. The van der Waals surface area contributed by atoms with E-state index in [9.17, 15) is 9.18 Å². The van der Waals surface area contributed by atoms with Gasteiger partial charge in [0, 0.05) is 13.0 Å². The van der Waals surface area contributed by atoms with Crippen LogP contribution in [0.3, 0.4) is 0 Å². The van der Waals surface area contributed by atoms with Gasteiger partial charge in [0.25, 0.3) is 5.91 Å². The maximum atomic E-state index is 12.9. The second-order valence-corrected chi connectivity index (χ2v) is 4.61. The van der Waals surface area contributed by atoms with Gasteiger partial charge in [-0.25, -0.2) is 9.07 Å². The molecule has 0 aliphatic heterocycles. The second-order valence-electron chi connectivity index (χ2n) is 4.61. The van der Waals surface area contributed by atoms with E-state index in [0.717, 1.165) is 5.76 Å². The van der Waals surface area contributed by atoms with E-state index in [0.29, 0.717) is 18.7 Å². The maximum Gasteiger partial charge on any atom is 0.273 e. The molecule has 6 nitrogen and oxygen atoms in total. The van der Waals surface area contributed by atoms with Crippen molar-refractivity contribution in [1.29, 1.82) is 0 Å². The number of halogens is 1. The zero-order chi connectivity index (χ0) is 15.4. The van der Waals surface area contributed by atoms with Crippen LogP contribution in [0.1, 0.15) is 16.2 Å². The molecule has 1 N–H and O–H groups in total. The highest BCUT2D eigenvalue weighted by Gasteiger charge is 2.11. The van der Waals surface area contributed by atoms with Crippen LogP contribution >= 0.6 is 0 Å². The average Bonchev–Trinajstić information content (AvgIpc) is 3.19. The molecule has 0 saturated carbocycles. The highest BCUT2D eigenvalue weighted by Crippen LogP contribution is 2.08. The van der Waals surface area contributed by atoms with Gasteiger partial charge < -0.3 is 9.73 Å². The highest BCUT2D eigenvalue weighted by molar-refractivity contribution is 5.91. The van der Waals surface area contributed by atoms with E-state index in [1.54, 1.807) is 24.5 Å². The predicted octanol–water partition coefficient (Wildman–Crippen LogP) is 1.97. The number of benzene rings is 1. The van der Waals surface area contributed by atoms with Crippen molar-refractivity contribution in [1.82, 2.24) is 20.3 Å². The zero-order valence-corrected chi connectivity index (χ0v) is 11.6. The normalized spacial score (nSPS) is 10.6. The van der Waals surface area contributed by atoms with Crippen LogP contribution in [0.25, 0.3) is 5.69 Å². The van der Waals surface area contributed by atoms with Crippen molar-refractivity contribution in [2.45, 2.75) is 6.42 Å². The summed E-state index contributed by atoms with van der Waals surface area (Å²) in [5.41, 5.74) is 0.826. The average molecular weight is 300 g/mol. The Bertz CT molecular complexity index is 750. The molecule has 0 unspecified atom stereocenters. The molecular weight excluding hydrogens is 287 g/mol. The molecule has 0 atom stereocenters. The minimum atomic E-state index is -0.334. The molecule has 2 heterocycles. The SMILES string of the molecule is O=C(NCCc1ccco1)c1cn(-c2ccc(F)cc2)nn1. The van der Waals surface area contributed by atoms with Gasteiger partial charge in [0.05, 0.1) is 18.1 Å². The predicted molar refractivity (Wildman–Crippen MR) is 76.1 cm³/mol. The smallest absolute Gasteiger partial charge is 0.273 e. The Labute approximate surface area is 125 Å². The fourth-order valence-electron chi connectivity index (χ4n) is 1.93. The third kappa shape index (κ3) is 3.20. The molecular formula is C15H13FN4O2. The molecule has 2 aromatic heterocycles. The minimum absolute atomic E-state index is 0.198. The summed E-state index contributed by atoms with van der Waals surface area (Å²) < 4.78 is 19.5. The van der Waals surface area contributed by atoms with Crippen molar-refractivity contribution < 1.29 is 13.6 Å². The van der Waals surface area contributed by atoms with Crippen molar-refractivity contribution in [3.05, 3.63) is 66.1 Å². The van der Waals surface area contributed by atoms with E-state index in [-0.39, 0.29) is 17.4 Å². The van der Waals surface area contributed by atoms with Gasteiger partial charge in [-0.2, -0.15) is 0 Å². The molecule has 0 radical (unpaired) electrons. The van der Waals surface area contributed by atoms with Gasteiger partial charge in [0.2, 0.25) is 0 Å². The second kappa shape index (κ2) is 6.21. The minimum Gasteiger partial charge on any atom is -0.469 e. The molecule has 7 heteroatoms. The number of rotatable bonds is 5. The number of hydrogen-bond acceptors (Lipinski definition) is 4. The lowest BCUT2D eigenvalue weighted by atomic mass is 10.3. The fourth-order valence-corrected chi connectivity index (χ4v) is 1.93. The Hall–Kier alpha value is -2.96. The van der Waals surface area contributed by atoms with E-state index in [2.05, 4.69) is 15.6 Å². The molecule has 3 aromatic rings. The lowest BCUT2D eigenvalue weighted by molar-refractivity contribution is 0.0948. The van der Waals surface area contributed by atoms with E-state index >= 15 is 0 Å². The number of furan rings is 1. The van der Waals surface area contributed by atoms with Crippen LogP contribution in [0.5, 0.6) is 0 Å². The van der Waals surface area contributed by atoms with E-state index in [1.165, 1.54) is 23.0 Å². The summed E-state index contributed by atoms with van der Waals surface area (Å²) in [5.74, 6) is 0.148. The molecule has 0 saturated heterocycles. The highest BCUT2D eigenvalue weighted by atomic mass is 19.1. The van der Waals surface area contributed by atoms with Gasteiger partial charge in [0.15, 0.2) is 5.69 Å². The number of aromatic nitrogens is 3. The third-order valence-corrected chi connectivity index (χ3v) is 3.05. The first-order valence-corrected chi connectivity index (χ1v) is 6.71. The Morgan fingerprint density at radius 1 is 1.27 bits per heavy atom.